The number of anilines is 1. The van der Waals surface area contributed by atoms with Crippen LogP contribution in [0.25, 0.3) is 0 Å². The highest BCUT2D eigenvalue weighted by atomic mass is 35.5. The van der Waals surface area contributed by atoms with Crippen molar-refractivity contribution in [3.05, 3.63) is 45.9 Å². The number of methoxy groups -OCH3 is 1. The first-order chi connectivity index (χ1) is 12.1. The summed E-state index contributed by atoms with van der Waals surface area (Å²) in [4.78, 5) is 12.3. The fourth-order valence-electron chi connectivity index (χ4n) is 2.52. The van der Waals surface area contributed by atoms with Crippen molar-refractivity contribution in [1.29, 1.82) is 0 Å². The Balaban J connectivity index is 1.72. The molecule has 0 saturated carbocycles. The average Bonchev–Trinajstić information content (AvgIpc) is 2.80. The van der Waals surface area contributed by atoms with Crippen LogP contribution in [0.15, 0.2) is 30.3 Å². The molecule has 3 rings (SSSR count). The molecule has 1 amide bonds. The Hall–Kier alpha value is -2.11. The molecule has 0 unspecified atom stereocenters. The van der Waals surface area contributed by atoms with Crippen molar-refractivity contribution in [2.75, 3.05) is 25.6 Å². The Bertz CT molecular complexity index is 795. The van der Waals surface area contributed by atoms with Crippen LogP contribution in [0.5, 0.6) is 17.2 Å². The standard InChI is InChI=1S/C18H17Cl2NO4/c1-23-15-4-3-12(10-13(15)19)21-17(22)9-11-7-14(20)18-16(8-11)24-5-2-6-25-18/h3-4,7-8,10H,2,5-6,9H2,1H3,(H,21,22). The average molecular weight is 382 g/mol. The van der Waals surface area contributed by atoms with Crippen molar-refractivity contribution in [2.24, 2.45) is 0 Å². The molecule has 25 heavy (non-hydrogen) atoms. The van der Waals surface area contributed by atoms with E-state index >= 15 is 0 Å². The van der Waals surface area contributed by atoms with E-state index < -0.39 is 0 Å². The number of carbonyl (C=O) groups excluding carboxylic acids is 1. The molecule has 5 nitrogen and oxygen atoms in total. The minimum Gasteiger partial charge on any atom is -0.495 e. The summed E-state index contributed by atoms with van der Waals surface area (Å²) in [6.45, 7) is 1.12. The molecule has 0 aliphatic carbocycles. The summed E-state index contributed by atoms with van der Waals surface area (Å²) in [5.41, 5.74) is 1.34. The van der Waals surface area contributed by atoms with Gasteiger partial charge >= 0.3 is 0 Å². The first-order valence-corrected chi connectivity index (χ1v) is 8.54. The smallest absolute Gasteiger partial charge is 0.228 e. The highest BCUT2D eigenvalue weighted by molar-refractivity contribution is 6.32. The zero-order chi connectivity index (χ0) is 17.8. The molecule has 0 aromatic heterocycles. The second kappa shape index (κ2) is 7.85. The van der Waals surface area contributed by atoms with E-state index in [1.165, 1.54) is 7.11 Å². The number of hydrogen-bond donors (Lipinski definition) is 1. The number of rotatable bonds is 4. The Morgan fingerprint density at radius 3 is 2.72 bits per heavy atom. The number of amides is 1. The lowest BCUT2D eigenvalue weighted by Crippen LogP contribution is -2.14. The molecule has 0 spiro atoms. The van der Waals surface area contributed by atoms with E-state index in [0.29, 0.717) is 46.2 Å². The van der Waals surface area contributed by atoms with Crippen LogP contribution in [0.1, 0.15) is 12.0 Å². The third kappa shape index (κ3) is 4.30. The highest BCUT2D eigenvalue weighted by Crippen LogP contribution is 2.38. The van der Waals surface area contributed by atoms with Crippen molar-refractivity contribution in [1.82, 2.24) is 0 Å². The molecule has 0 bridgehead atoms. The number of hydrogen-bond acceptors (Lipinski definition) is 4. The van der Waals surface area contributed by atoms with E-state index in [1.54, 1.807) is 30.3 Å². The van der Waals surface area contributed by atoms with Crippen LogP contribution < -0.4 is 19.5 Å². The second-order valence-corrected chi connectivity index (χ2v) is 6.34. The van der Waals surface area contributed by atoms with Crippen LogP contribution in [0.3, 0.4) is 0 Å². The summed E-state index contributed by atoms with van der Waals surface area (Å²) in [6.07, 6.45) is 0.944. The lowest BCUT2D eigenvalue weighted by Gasteiger charge is -2.12. The fourth-order valence-corrected chi connectivity index (χ4v) is 3.07. The number of benzene rings is 2. The normalized spacial score (nSPS) is 13.1. The van der Waals surface area contributed by atoms with Gasteiger partial charge in [-0.05, 0) is 35.9 Å². The van der Waals surface area contributed by atoms with Crippen molar-refractivity contribution in [3.8, 4) is 17.2 Å². The number of nitrogens with one attached hydrogen (secondary N) is 1. The van der Waals surface area contributed by atoms with E-state index in [-0.39, 0.29) is 12.3 Å². The lowest BCUT2D eigenvalue weighted by molar-refractivity contribution is -0.115. The Morgan fingerprint density at radius 2 is 1.96 bits per heavy atom. The van der Waals surface area contributed by atoms with Crippen molar-refractivity contribution < 1.29 is 19.0 Å². The monoisotopic (exact) mass is 381 g/mol. The molecule has 132 valence electrons. The van der Waals surface area contributed by atoms with Gasteiger partial charge in [-0.2, -0.15) is 0 Å². The summed E-state index contributed by atoms with van der Waals surface area (Å²) in [5.74, 6) is 1.46. The van der Waals surface area contributed by atoms with Crippen LogP contribution in [0, 0.1) is 0 Å². The molecule has 0 atom stereocenters. The van der Waals surface area contributed by atoms with Crippen molar-refractivity contribution in [2.45, 2.75) is 12.8 Å². The van der Waals surface area contributed by atoms with Crippen molar-refractivity contribution in [3.63, 3.8) is 0 Å². The molecule has 0 radical (unpaired) electrons. The number of ether oxygens (including phenoxy) is 3. The maximum absolute atomic E-state index is 12.3. The van der Waals surface area contributed by atoms with Gasteiger partial charge in [-0.1, -0.05) is 23.2 Å². The Morgan fingerprint density at radius 1 is 1.16 bits per heavy atom. The third-order valence-corrected chi connectivity index (χ3v) is 4.24. The molecular weight excluding hydrogens is 365 g/mol. The maximum Gasteiger partial charge on any atom is 0.228 e. The van der Waals surface area contributed by atoms with Crippen LogP contribution in [-0.2, 0) is 11.2 Å². The van der Waals surface area contributed by atoms with Crippen LogP contribution >= 0.6 is 23.2 Å². The van der Waals surface area contributed by atoms with Gasteiger partial charge in [-0.3, -0.25) is 4.79 Å². The summed E-state index contributed by atoms with van der Waals surface area (Å²) in [7, 11) is 1.54. The zero-order valence-corrected chi connectivity index (χ0v) is 15.1. The van der Waals surface area contributed by atoms with Crippen LogP contribution in [0.4, 0.5) is 5.69 Å². The molecule has 2 aromatic rings. The van der Waals surface area contributed by atoms with E-state index in [9.17, 15) is 4.79 Å². The number of carbonyl (C=O) groups is 1. The van der Waals surface area contributed by atoms with Gasteiger partial charge in [0.15, 0.2) is 11.5 Å². The molecule has 0 saturated heterocycles. The molecule has 1 aliphatic rings. The topological polar surface area (TPSA) is 56.8 Å². The van der Waals surface area contributed by atoms with Gasteiger partial charge in [0, 0.05) is 12.1 Å². The minimum absolute atomic E-state index is 0.153. The van der Waals surface area contributed by atoms with Gasteiger partial charge in [-0.25, -0.2) is 0 Å². The quantitative estimate of drug-likeness (QED) is 0.855. The first-order valence-electron chi connectivity index (χ1n) is 7.78. The van der Waals surface area contributed by atoms with Crippen molar-refractivity contribution >= 4 is 34.8 Å². The SMILES string of the molecule is COc1ccc(NC(=O)Cc2cc(Cl)c3c(c2)OCCCO3)cc1Cl. The molecule has 1 N–H and O–H groups in total. The number of halogens is 2. The summed E-state index contributed by atoms with van der Waals surface area (Å²) >= 11 is 12.3. The predicted octanol–water partition coefficient (Wildman–Crippen LogP) is 4.34. The summed E-state index contributed by atoms with van der Waals surface area (Å²) in [6, 6.07) is 8.56. The first kappa shape index (κ1) is 17.7. The van der Waals surface area contributed by atoms with Gasteiger partial charge in [0.2, 0.25) is 5.91 Å². The molecular formula is C18H17Cl2NO4. The zero-order valence-electron chi connectivity index (χ0n) is 13.6. The maximum atomic E-state index is 12.3. The molecule has 1 aliphatic heterocycles. The number of fused-ring (bicyclic) bond motifs is 1. The van der Waals surface area contributed by atoms with Crippen LogP contribution in [0.2, 0.25) is 10.0 Å². The third-order valence-electron chi connectivity index (χ3n) is 3.66. The van der Waals surface area contributed by atoms with E-state index in [2.05, 4.69) is 5.32 Å². The summed E-state index contributed by atoms with van der Waals surface area (Å²) in [5, 5.41) is 3.67. The van der Waals surface area contributed by atoms with E-state index in [1.807, 2.05) is 0 Å². The van der Waals surface area contributed by atoms with Gasteiger partial charge in [-0.15, -0.1) is 0 Å². The predicted molar refractivity (Wildman–Crippen MR) is 97.4 cm³/mol. The highest BCUT2D eigenvalue weighted by Gasteiger charge is 2.17. The van der Waals surface area contributed by atoms with E-state index in [0.717, 1.165) is 12.0 Å². The molecule has 0 fully saturated rings. The lowest BCUT2D eigenvalue weighted by atomic mass is 10.1. The van der Waals surface area contributed by atoms with E-state index in [4.69, 9.17) is 37.4 Å². The molecule has 1 heterocycles. The summed E-state index contributed by atoms with van der Waals surface area (Å²) < 4.78 is 16.3. The van der Waals surface area contributed by atoms with Gasteiger partial charge < -0.3 is 19.5 Å². The van der Waals surface area contributed by atoms with Gasteiger partial charge in [0.1, 0.15) is 5.75 Å². The van der Waals surface area contributed by atoms with Gasteiger partial charge in [0.05, 0.1) is 36.8 Å². The van der Waals surface area contributed by atoms with Crippen LogP contribution in [-0.4, -0.2) is 26.2 Å². The Labute approximate surface area is 155 Å². The molecule has 2 aromatic carbocycles. The Kier molecular flexibility index (Phi) is 5.56. The molecule has 7 heteroatoms. The van der Waals surface area contributed by atoms with Gasteiger partial charge in [0.25, 0.3) is 0 Å². The fraction of sp³-hybridized carbons (Fsp3) is 0.278. The second-order valence-electron chi connectivity index (χ2n) is 5.53. The largest absolute Gasteiger partial charge is 0.495 e. The minimum atomic E-state index is -0.188.